The van der Waals surface area contributed by atoms with Crippen molar-refractivity contribution >= 4 is 16.1 Å². The maximum Gasteiger partial charge on any atom is 0.0995 e. The molecule has 0 unspecified atom stereocenters. The zero-order chi connectivity index (χ0) is 4.41. The van der Waals surface area contributed by atoms with Gasteiger partial charge in [-0.25, -0.2) is 0 Å². The first-order valence-electron chi connectivity index (χ1n) is 1.42. The van der Waals surface area contributed by atoms with Gasteiger partial charge in [0.1, 0.15) is 0 Å². The summed E-state index contributed by atoms with van der Waals surface area (Å²) in [5.74, 6) is 0. The molecule has 0 spiro atoms. The Morgan fingerprint density at radius 3 is 2.00 bits per heavy atom. The molecular formula is C2H2BrN3. The second-order valence-electron chi connectivity index (χ2n) is 0.770. The average Bonchev–Trinajstić information content (AvgIpc) is 1.86. The van der Waals surface area contributed by atoms with Crippen molar-refractivity contribution in [1.29, 1.82) is 0 Å². The molecule has 3 nitrogen and oxygen atoms in total. The lowest BCUT2D eigenvalue weighted by Gasteiger charge is -1.70. The number of aromatic nitrogens is 3. The summed E-state index contributed by atoms with van der Waals surface area (Å²) in [6, 6.07) is 0. The van der Waals surface area contributed by atoms with Crippen LogP contribution in [0.2, 0.25) is 0 Å². The Hall–Kier alpha value is -0.380. The fourth-order valence-corrected chi connectivity index (χ4v) is 0.411. The third-order valence-corrected chi connectivity index (χ3v) is 0.757. The topological polar surface area (TPSA) is 30.7 Å². The molecule has 4 heteroatoms. The molecule has 0 fully saturated rings. The normalized spacial score (nSPS) is 8.83. The minimum atomic E-state index is 1.31. The van der Waals surface area contributed by atoms with E-state index in [-0.39, 0.29) is 0 Å². The molecule has 0 aliphatic rings. The van der Waals surface area contributed by atoms with Gasteiger partial charge in [0, 0.05) is 0 Å². The lowest BCUT2D eigenvalue weighted by Crippen LogP contribution is -1.79. The van der Waals surface area contributed by atoms with Crippen LogP contribution in [0.5, 0.6) is 0 Å². The molecule has 0 aromatic carbocycles. The van der Waals surface area contributed by atoms with Crippen molar-refractivity contribution in [2.24, 2.45) is 0 Å². The molecule has 0 aliphatic heterocycles. The van der Waals surface area contributed by atoms with E-state index in [2.05, 4.69) is 26.3 Å². The highest BCUT2D eigenvalue weighted by atomic mass is 79.9. The third kappa shape index (κ3) is 0.567. The molecule has 1 heterocycles. The van der Waals surface area contributed by atoms with Gasteiger partial charge in [0.2, 0.25) is 0 Å². The first-order valence-corrected chi connectivity index (χ1v) is 2.13. The zero-order valence-corrected chi connectivity index (χ0v) is 4.46. The Morgan fingerprint density at radius 1 is 1.33 bits per heavy atom. The van der Waals surface area contributed by atoms with Crippen LogP contribution in [0.1, 0.15) is 0 Å². The van der Waals surface area contributed by atoms with Gasteiger partial charge in [-0.1, -0.05) is 0 Å². The number of hydrogen-bond donors (Lipinski definition) is 0. The van der Waals surface area contributed by atoms with Crippen molar-refractivity contribution in [3.05, 3.63) is 12.4 Å². The predicted octanol–water partition coefficient (Wildman–Crippen LogP) is 0.436. The first kappa shape index (κ1) is 3.80. The van der Waals surface area contributed by atoms with Crippen molar-refractivity contribution < 1.29 is 0 Å². The number of nitrogens with zero attached hydrogens (tertiary/aromatic N) is 3. The Balaban J connectivity index is 3.05. The zero-order valence-electron chi connectivity index (χ0n) is 2.87. The molecule has 0 amide bonds. The highest BCUT2D eigenvalue weighted by Gasteiger charge is 1.73. The Labute approximate surface area is 43.3 Å². The lowest BCUT2D eigenvalue weighted by atomic mass is 11.0. The highest BCUT2D eigenvalue weighted by Crippen LogP contribution is 1.79. The van der Waals surface area contributed by atoms with E-state index in [1.165, 1.54) is 3.82 Å². The third-order valence-electron chi connectivity index (χ3n) is 0.391. The summed E-state index contributed by atoms with van der Waals surface area (Å²) >= 11 is 2.98. The van der Waals surface area contributed by atoms with Crippen molar-refractivity contribution in [3.63, 3.8) is 0 Å². The van der Waals surface area contributed by atoms with E-state index in [4.69, 9.17) is 0 Å². The SMILES string of the molecule is Brn1nccn1. The minimum absolute atomic E-state index is 1.31. The Bertz CT molecular complexity index is 112. The molecule has 0 N–H and O–H groups in total. The van der Waals surface area contributed by atoms with Crippen LogP contribution in [0.4, 0.5) is 0 Å². The largest absolute Gasteiger partial charge is 0.151 e. The van der Waals surface area contributed by atoms with Crippen molar-refractivity contribution in [1.82, 2.24) is 14.0 Å². The van der Waals surface area contributed by atoms with Gasteiger partial charge in [-0.05, 0) is 0 Å². The van der Waals surface area contributed by atoms with Crippen LogP contribution in [0.25, 0.3) is 0 Å². The van der Waals surface area contributed by atoms with Gasteiger partial charge in [-0.2, -0.15) is 10.2 Å². The van der Waals surface area contributed by atoms with Gasteiger partial charge >= 0.3 is 0 Å². The molecule has 1 aromatic heterocycles. The predicted molar refractivity (Wildman–Crippen MR) is 24.3 cm³/mol. The van der Waals surface area contributed by atoms with Gasteiger partial charge in [-0.15, -0.1) is 3.82 Å². The van der Waals surface area contributed by atoms with Crippen LogP contribution in [-0.4, -0.2) is 14.0 Å². The smallest absolute Gasteiger partial charge is 0.0995 e. The van der Waals surface area contributed by atoms with Crippen LogP contribution in [0.15, 0.2) is 12.4 Å². The molecule has 0 radical (unpaired) electrons. The van der Waals surface area contributed by atoms with Crippen LogP contribution >= 0.6 is 16.1 Å². The number of halogens is 1. The molecule has 1 aromatic rings. The van der Waals surface area contributed by atoms with Crippen LogP contribution in [-0.2, 0) is 0 Å². The van der Waals surface area contributed by atoms with Gasteiger partial charge < -0.3 is 0 Å². The van der Waals surface area contributed by atoms with E-state index in [0.29, 0.717) is 0 Å². The minimum Gasteiger partial charge on any atom is -0.151 e. The molecule has 6 heavy (non-hydrogen) atoms. The second kappa shape index (κ2) is 1.38. The van der Waals surface area contributed by atoms with Crippen LogP contribution < -0.4 is 0 Å². The monoisotopic (exact) mass is 147 g/mol. The summed E-state index contributed by atoms with van der Waals surface area (Å²) in [6.45, 7) is 0. The van der Waals surface area contributed by atoms with E-state index >= 15 is 0 Å². The van der Waals surface area contributed by atoms with E-state index in [1.54, 1.807) is 12.4 Å². The van der Waals surface area contributed by atoms with Gasteiger partial charge in [0.25, 0.3) is 0 Å². The van der Waals surface area contributed by atoms with E-state index in [0.717, 1.165) is 0 Å². The summed E-state index contributed by atoms with van der Waals surface area (Å²) in [5.41, 5.74) is 0. The second-order valence-corrected chi connectivity index (χ2v) is 1.40. The summed E-state index contributed by atoms with van der Waals surface area (Å²) in [5, 5.41) is 7.28. The quantitative estimate of drug-likeness (QED) is 0.534. The van der Waals surface area contributed by atoms with E-state index < -0.39 is 0 Å². The fourth-order valence-electron chi connectivity index (χ4n) is 0.199. The molecule has 1 rings (SSSR count). The van der Waals surface area contributed by atoms with E-state index in [1.807, 2.05) is 0 Å². The average molecular weight is 148 g/mol. The summed E-state index contributed by atoms with van der Waals surface area (Å²) in [7, 11) is 0. The Morgan fingerprint density at radius 2 is 1.83 bits per heavy atom. The van der Waals surface area contributed by atoms with Crippen molar-refractivity contribution in [2.75, 3.05) is 0 Å². The Kier molecular flexibility index (Phi) is 0.874. The van der Waals surface area contributed by atoms with Crippen LogP contribution in [0.3, 0.4) is 0 Å². The molecular weight excluding hydrogens is 146 g/mol. The standard InChI is InChI=1S/C2H2BrN3/c3-6-4-1-2-5-6/h1-2H. The lowest BCUT2D eigenvalue weighted by molar-refractivity contribution is 0.884. The summed E-state index contributed by atoms with van der Waals surface area (Å²) < 4.78 is 1.31. The molecule has 32 valence electrons. The molecule has 0 saturated heterocycles. The first-order chi connectivity index (χ1) is 2.89. The van der Waals surface area contributed by atoms with Gasteiger partial charge in [-0.3, -0.25) is 0 Å². The molecule has 0 saturated carbocycles. The molecule has 0 bridgehead atoms. The fraction of sp³-hybridized carbons (Fsp3) is 0. The number of hydrogen-bond acceptors (Lipinski definition) is 2. The number of rotatable bonds is 0. The van der Waals surface area contributed by atoms with Crippen molar-refractivity contribution in [2.45, 2.75) is 0 Å². The van der Waals surface area contributed by atoms with E-state index in [9.17, 15) is 0 Å². The maximum absolute atomic E-state index is 3.64. The van der Waals surface area contributed by atoms with Gasteiger partial charge in [0.05, 0.1) is 28.5 Å². The summed E-state index contributed by atoms with van der Waals surface area (Å²) in [6.07, 6.45) is 3.18. The van der Waals surface area contributed by atoms with Gasteiger partial charge in [0.15, 0.2) is 0 Å². The summed E-state index contributed by atoms with van der Waals surface area (Å²) in [4.78, 5) is 0. The van der Waals surface area contributed by atoms with Crippen LogP contribution in [0, 0.1) is 0 Å². The highest BCUT2D eigenvalue weighted by molar-refractivity contribution is 9.08. The molecule has 0 aliphatic carbocycles. The maximum atomic E-state index is 3.64. The van der Waals surface area contributed by atoms with Crippen molar-refractivity contribution in [3.8, 4) is 0 Å². The molecule has 0 atom stereocenters.